The minimum atomic E-state index is -0.404. The van der Waals surface area contributed by atoms with E-state index in [9.17, 15) is 4.79 Å². The van der Waals surface area contributed by atoms with E-state index in [1.165, 1.54) is 11.3 Å². The Morgan fingerprint density at radius 2 is 1.89 bits per heavy atom. The van der Waals surface area contributed by atoms with Gasteiger partial charge in [-0.05, 0) is 0 Å². The van der Waals surface area contributed by atoms with E-state index in [4.69, 9.17) is 0 Å². The van der Waals surface area contributed by atoms with Crippen LogP contribution in [0, 0.1) is 5.41 Å². The molecule has 1 N–H and O–H groups in total. The Balaban J connectivity index is 2.15. The summed E-state index contributed by atoms with van der Waals surface area (Å²) in [5, 5.41) is 5.44. The Labute approximate surface area is 111 Å². The lowest BCUT2D eigenvalue weighted by Crippen LogP contribution is -2.27. The van der Waals surface area contributed by atoms with E-state index in [-0.39, 0.29) is 5.91 Å². The molecule has 0 aliphatic heterocycles. The first-order valence-electron chi connectivity index (χ1n) is 5.79. The number of anilines is 1. The van der Waals surface area contributed by atoms with E-state index < -0.39 is 5.41 Å². The zero-order chi connectivity index (χ0) is 13.2. The van der Waals surface area contributed by atoms with Crippen molar-refractivity contribution < 1.29 is 4.79 Å². The molecule has 0 aliphatic carbocycles. The fourth-order valence-electron chi connectivity index (χ4n) is 1.36. The van der Waals surface area contributed by atoms with Gasteiger partial charge in [-0.1, -0.05) is 51.1 Å². The van der Waals surface area contributed by atoms with Crippen molar-refractivity contribution in [1.29, 1.82) is 0 Å². The lowest BCUT2D eigenvalue weighted by atomic mass is 9.96. The third-order valence-corrected chi connectivity index (χ3v) is 3.23. The SMILES string of the molecule is CC(C)(C)C(=O)Nc1nc(-c2ccccc2)cs1. The van der Waals surface area contributed by atoms with Gasteiger partial charge in [-0.2, -0.15) is 0 Å². The summed E-state index contributed by atoms with van der Waals surface area (Å²) in [5.41, 5.74) is 1.55. The summed E-state index contributed by atoms with van der Waals surface area (Å²) in [6, 6.07) is 9.93. The summed E-state index contributed by atoms with van der Waals surface area (Å²) >= 11 is 1.45. The molecule has 0 aliphatic rings. The van der Waals surface area contributed by atoms with Crippen LogP contribution in [-0.4, -0.2) is 10.9 Å². The molecule has 2 rings (SSSR count). The summed E-state index contributed by atoms with van der Waals surface area (Å²) in [6.45, 7) is 5.65. The molecule has 0 saturated carbocycles. The normalized spacial score (nSPS) is 11.3. The number of thiazole rings is 1. The molecule has 0 saturated heterocycles. The highest BCUT2D eigenvalue weighted by atomic mass is 32.1. The maximum atomic E-state index is 11.8. The van der Waals surface area contributed by atoms with Crippen LogP contribution in [0.5, 0.6) is 0 Å². The molecule has 0 unspecified atom stereocenters. The summed E-state index contributed by atoms with van der Waals surface area (Å²) < 4.78 is 0. The molecule has 4 heteroatoms. The molecule has 3 nitrogen and oxygen atoms in total. The highest BCUT2D eigenvalue weighted by Gasteiger charge is 2.22. The van der Waals surface area contributed by atoms with Gasteiger partial charge in [0.1, 0.15) is 0 Å². The number of amides is 1. The van der Waals surface area contributed by atoms with Gasteiger partial charge in [-0.3, -0.25) is 4.79 Å². The second kappa shape index (κ2) is 4.90. The number of aromatic nitrogens is 1. The zero-order valence-corrected chi connectivity index (χ0v) is 11.5. The van der Waals surface area contributed by atoms with Crippen LogP contribution < -0.4 is 5.32 Å². The van der Waals surface area contributed by atoms with Crippen molar-refractivity contribution in [2.45, 2.75) is 20.8 Å². The van der Waals surface area contributed by atoms with Crippen molar-refractivity contribution in [2.24, 2.45) is 5.41 Å². The smallest absolute Gasteiger partial charge is 0.231 e. The number of carbonyl (C=O) groups excluding carboxylic acids is 1. The number of rotatable bonds is 2. The van der Waals surface area contributed by atoms with Crippen LogP contribution in [-0.2, 0) is 4.79 Å². The van der Waals surface area contributed by atoms with Gasteiger partial charge in [0.15, 0.2) is 5.13 Å². The lowest BCUT2D eigenvalue weighted by molar-refractivity contribution is -0.123. The van der Waals surface area contributed by atoms with Gasteiger partial charge < -0.3 is 5.32 Å². The van der Waals surface area contributed by atoms with Gasteiger partial charge in [0.2, 0.25) is 5.91 Å². The van der Waals surface area contributed by atoms with Crippen molar-refractivity contribution >= 4 is 22.4 Å². The van der Waals surface area contributed by atoms with E-state index in [1.807, 2.05) is 56.5 Å². The molecule has 0 bridgehead atoms. The second-order valence-electron chi connectivity index (χ2n) is 5.11. The third-order valence-electron chi connectivity index (χ3n) is 2.48. The first kappa shape index (κ1) is 12.8. The molecule has 18 heavy (non-hydrogen) atoms. The van der Waals surface area contributed by atoms with Crippen LogP contribution in [0.2, 0.25) is 0 Å². The maximum Gasteiger partial charge on any atom is 0.231 e. The Morgan fingerprint density at radius 1 is 1.22 bits per heavy atom. The second-order valence-corrected chi connectivity index (χ2v) is 5.97. The van der Waals surface area contributed by atoms with Gasteiger partial charge in [-0.25, -0.2) is 4.98 Å². The van der Waals surface area contributed by atoms with E-state index in [0.717, 1.165) is 11.3 Å². The Bertz CT molecular complexity index is 540. The van der Waals surface area contributed by atoms with Gasteiger partial charge in [0.05, 0.1) is 5.69 Å². The topological polar surface area (TPSA) is 42.0 Å². The minimum absolute atomic E-state index is 0.0172. The van der Waals surface area contributed by atoms with Gasteiger partial charge in [0, 0.05) is 16.4 Å². The summed E-state index contributed by atoms with van der Waals surface area (Å²) in [6.07, 6.45) is 0. The van der Waals surface area contributed by atoms with Crippen LogP contribution in [0.4, 0.5) is 5.13 Å². The van der Waals surface area contributed by atoms with E-state index in [1.54, 1.807) is 0 Å². The number of hydrogen-bond donors (Lipinski definition) is 1. The Kier molecular flexibility index (Phi) is 3.48. The predicted molar refractivity (Wildman–Crippen MR) is 75.6 cm³/mol. The van der Waals surface area contributed by atoms with Gasteiger partial charge in [0.25, 0.3) is 0 Å². The Morgan fingerprint density at radius 3 is 2.50 bits per heavy atom. The highest BCUT2D eigenvalue weighted by Crippen LogP contribution is 2.26. The highest BCUT2D eigenvalue weighted by molar-refractivity contribution is 7.14. The molecule has 0 spiro atoms. The molecule has 1 amide bonds. The minimum Gasteiger partial charge on any atom is -0.302 e. The van der Waals surface area contributed by atoms with E-state index >= 15 is 0 Å². The van der Waals surface area contributed by atoms with E-state index in [2.05, 4.69) is 10.3 Å². The predicted octanol–water partition coefficient (Wildman–Crippen LogP) is 3.79. The molecule has 2 aromatic rings. The first-order chi connectivity index (χ1) is 8.47. The molecular formula is C14H16N2OS. The van der Waals surface area contributed by atoms with Gasteiger partial charge >= 0.3 is 0 Å². The molecule has 0 atom stereocenters. The first-order valence-corrected chi connectivity index (χ1v) is 6.67. The third kappa shape index (κ3) is 2.96. The average Bonchev–Trinajstić information content (AvgIpc) is 2.77. The van der Waals surface area contributed by atoms with Crippen LogP contribution in [0.25, 0.3) is 11.3 Å². The quantitative estimate of drug-likeness (QED) is 0.892. The summed E-state index contributed by atoms with van der Waals surface area (Å²) in [5.74, 6) is -0.0172. The Hall–Kier alpha value is -1.68. The van der Waals surface area contributed by atoms with Crippen LogP contribution in [0.1, 0.15) is 20.8 Å². The molecule has 94 valence electrons. The zero-order valence-electron chi connectivity index (χ0n) is 10.7. The summed E-state index contributed by atoms with van der Waals surface area (Å²) in [4.78, 5) is 16.3. The molecule has 0 radical (unpaired) electrons. The fourth-order valence-corrected chi connectivity index (χ4v) is 2.07. The fraction of sp³-hybridized carbons (Fsp3) is 0.286. The molecular weight excluding hydrogens is 244 g/mol. The van der Waals surface area contributed by atoms with Crippen molar-refractivity contribution in [1.82, 2.24) is 4.98 Å². The number of carbonyl (C=O) groups is 1. The summed E-state index contributed by atoms with van der Waals surface area (Å²) in [7, 11) is 0. The number of hydrogen-bond acceptors (Lipinski definition) is 3. The number of nitrogens with one attached hydrogen (secondary N) is 1. The number of benzene rings is 1. The van der Waals surface area contributed by atoms with Crippen molar-refractivity contribution in [2.75, 3.05) is 5.32 Å². The average molecular weight is 260 g/mol. The maximum absolute atomic E-state index is 11.8. The van der Waals surface area contributed by atoms with Crippen molar-refractivity contribution in [3.8, 4) is 11.3 Å². The van der Waals surface area contributed by atoms with Crippen LogP contribution >= 0.6 is 11.3 Å². The van der Waals surface area contributed by atoms with Crippen molar-refractivity contribution in [3.05, 3.63) is 35.7 Å². The van der Waals surface area contributed by atoms with Gasteiger partial charge in [-0.15, -0.1) is 11.3 Å². The molecule has 1 aromatic carbocycles. The standard InChI is InChI=1S/C14H16N2OS/c1-14(2,3)12(17)16-13-15-11(9-18-13)10-7-5-4-6-8-10/h4-9H,1-3H3,(H,15,16,17). The number of nitrogens with zero attached hydrogens (tertiary/aromatic N) is 1. The molecule has 0 fully saturated rings. The van der Waals surface area contributed by atoms with Crippen LogP contribution in [0.15, 0.2) is 35.7 Å². The largest absolute Gasteiger partial charge is 0.302 e. The molecule has 1 heterocycles. The van der Waals surface area contributed by atoms with Crippen molar-refractivity contribution in [3.63, 3.8) is 0 Å². The van der Waals surface area contributed by atoms with E-state index in [0.29, 0.717) is 5.13 Å². The van der Waals surface area contributed by atoms with Crippen LogP contribution in [0.3, 0.4) is 0 Å². The lowest BCUT2D eigenvalue weighted by Gasteiger charge is -2.15. The molecule has 1 aromatic heterocycles. The monoisotopic (exact) mass is 260 g/mol.